The molecule has 4 atom stereocenters. The van der Waals surface area contributed by atoms with E-state index in [-0.39, 0.29) is 17.5 Å². The van der Waals surface area contributed by atoms with Gasteiger partial charge in [0, 0.05) is 17.5 Å². The molecule has 4 aromatic rings. The molecule has 6 nitrogen and oxygen atoms in total. The van der Waals surface area contributed by atoms with Crippen LogP contribution in [0.1, 0.15) is 43.4 Å². The zero-order valence-corrected chi connectivity index (χ0v) is 21.8. The predicted molar refractivity (Wildman–Crippen MR) is 152 cm³/mol. The van der Waals surface area contributed by atoms with Crippen LogP contribution in [-0.2, 0) is 10.2 Å². The Labute approximate surface area is 231 Å². The van der Waals surface area contributed by atoms with E-state index in [4.69, 9.17) is 4.74 Å². The molecule has 3 heterocycles. The summed E-state index contributed by atoms with van der Waals surface area (Å²) in [4.78, 5) is 45.7. The Balaban J connectivity index is 1.55. The van der Waals surface area contributed by atoms with Crippen molar-refractivity contribution in [2.45, 2.75) is 17.5 Å². The SMILES string of the molecule is COc1ccccc1C(=O)C1C(C(=O)c2ccccc2)C2(C(=O)Nc3ccccc32)C2c3ccccc3C=CN12. The van der Waals surface area contributed by atoms with Crippen molar-refractivity contribution in [3.8, 4) is 5.75 Å². The van der Waals surface area contributed by atoms with Gasteiger partial charge in [-0.1, -0.05) is 84.9 Å². The molecule has 4 unspecified atom stereocenters. The van der Waals surface area contributed by atoms with Crippen LogP contribution in [-0.4, -0.2) is 35.5 Å². The van der Waals surface area contributed by atoms with Crippen molar-refractivity contribution in [2.75, 3.05) is 12.4 Å². The Hall–Kier alpha value is -4.97. The molecule has 1 N–H and O–H groups in total. The second kappa shape index (κ2) is 9.06. The lowest BCUT2D eigenvalue weighted by atomic mass is 9.62. The summed E-state index contributed by atoms with van der Waals surface area (Å²) in [5.74, 6) is -1.39. The fourth-order valence-electron chi connectivity index (χ4n) is 6.96. The van der Waals surface area contributed by atoms with Crippen LogP contribution in [0.15, 0.2) is 109 Å². The molecule has 0 aromatic heterocycles. The van der Waals surface area contributed by atoms with E-state index in [9.17, 15) is 14.4 Å². The Kier molecular flexibility index (Phi) is 5.46. The molecule has 1 saturated heterocycles. The number of amides is 1. The number of hydrogen-bond acceptors (Lipinski definition) is 5. The lowest BCUT2D eigenvalue weighted by Gasteiger charge is -2.38. The van der Waals surface area contributed by atoms with Gasteiger partial charge in [0.05, 0.1) is 24.6 Å². The van der Waals surface area contributed by atoms with Gasteiger partial charge >= 0.3 is 0 Å². The quantitative estimate of drug-likeness (QED) is 0.339. The first-order chi connectivity index (χ1) is 19.6. The highest BCUT2D eigenvalue weighted by molar-refractivity contribution is 6.17. The molecule has 6 heteroatoms. The number of carbonyl (C=O) groups excluding carboxylic acids is 3. The van der Waals surface area contributed by atoms with Gasteiger partial charge in [0.25, 0.3) is 0 Å². The minimum atomic E-state index is -1.35. The van der Waals surface area contributed by atoms with Crippen LogP contribution in [0.25, 0.3) is 6.08 Å². The third-order valence-corrected chi connectivity index (χ3v) is 8.55. The van der Waals surface area contributed by atoms with Crippen molar-refractivity contribution in [2.24, 2.45) is 5.92 Å². The fourth-order valence-corrected chi connectivity index (χ4v) is 6.96. The maximum atomic E-state index is 14.7. The average molecular weight is 527 g/mol. The summed E-state index contributed by atoms with van der Waals surface area (Å²) >= 11 is 0. The van der Waals surface area contributed by atoms with Crippen LogP contribution in [0.4, 0.5) is 5.69 Å². The van der Waals surface area contributed by atoms with Crippen molar-refractivity contribution in [3.63, 3.8) is 0 Å². The molecule has 40 heavy (non-hydrogen) atoms. The number of carbonyl (C=O) groups is 3. The number of methoxy groups -OCH3 is 1. The van der Waals surface area contributed by atoms with Crippen molar-refractivity contribution < 1.29 is 19.1 Å². The zero-order chi connectivity index (χ0) is 27.4. The Morgan fingerprint density at radius 2 is 1.52 bits per heavy atom. The molecule has 0 bridgehead atoms. The fraction of sp³-hybridized carbons (Fsp3) is 0.147. The number of fused-ring (bicyclic) bond motifs is 6. The summed E-state index contributed by atoms with van der Waals surface area (Å²) in [6, 6.07) is 29.8. The number of nitrogens with zero attached hydrogens (tertiary/aromatic N) is 1. The molecule has 4 aromatic carbocycles. The first-order valence-electron chi connectivity index (χ1n) is 13.3. The number of benzene rings is 4. The minimum Gasteiger partial charge on any atom is -0.496 e. The molecule has 7 rings (SSSR count). The second-order valence-corrected chi connectivity index (χ2v) is 10.4. The number of rotatable bonds is 5. The predicted octanol–water partition coefficient (Wildman–Crippen LogP) is 5.68. The van der Waals surface area contributed by atoms with E-state index in [2.05, 4.69) is 5.32 Å². The van der Waals surface area contributed by atoms with Gasteiger partial charge in [-0.15, -0.1) is 0 Å². The molecule has 0 radical (unpaired) electrons. The van der Waals surface area contributed by atoms with Gasteiger partial charge in [0.2, 0.25) is 5.91 Å². The summed E-state index contributed by atoms with van der Waals surface area (Å²) in [7, 11) is 1.52. The number of ketones is 2. The third-order valence-electron chi connectivity index (χ3n) is 8.55. The normalized spacial score (nSPS) is 23.8. The van der Waals surface area contributed by atoms with Crippen LogP contribution >= 0.6 is 0 Å². The molecule has 196 valence electrons. The number of Topliss-reactive ketones (excluding diaryl/α,β-unsaturated/α-hetero) is 2. The lowest BCUT2D eigenvalue weighted by molar-refractivity contribution is -0.122. The summed E-state index contributed by atoms with van der Waals surface area (Å²) in [5, 5.41) is 3.07. The first-order valence-corrected chi connectivity index (χ1v) is 13.3. The van der Waals surface area contributed by atoms with Crippen LogP contribution in [0.3, 0.4) is 0 Å². The highest BCUT2D eigenvalue weighted by atomic mass is 16.5. The van der Waals surface area contributed by atoms with Crippen LogP contribution in [0, 0.1) is 5.92 Å². The van der Waals surface area contributed by atoms with Crippen molar-refractivity contribution >= 4 is 29.2 Å². The monoisotopic (exact) mass is 526 g/mol. The van der Waals surface area contributed by atoms with E-state index in [1.54, 1.807) is 48.5 Å². The number of hydrogen-bond donors (Lipinski definition) is 1. The molecule has 1 fully saturated rings. The van der Waals surface area contributed by atoms with Crippen LogP contribution in [0.5, 0.6) is 5.75 Å². The topological polar surface area (TPSA) is 75.7 Å². The van der Waals surface area contributed by atoms with Crippen molar-refractivity contribution in [1.82, 2.24) is 4.90 Å². The van der Waals surface area contributed by atoms with Crippen LogP contribution < -0.4 is 10.1 Å². The van der Waals surface area contributed by atoms with E-state index in [0.29, 0.717) is 22.6 Å². The number of para-hydroxylation sites is 2. The average Bonchev–Trinajstić information content (AvgIpc) is 3.49. The van der Waals surface area contributed by atoms with E-state index in [0.717, 1.165) is 16.7 Å². The van der Waals surface area contributed by atoms with Gasteiger partial charge in [0.1, 0.15) is 17.2 Å². The third kappa shape index (κ3) is 3.19. The van der Waals surface area contributed by atoms with Gasteiger partial charge in [0.15, 0.2) is 11.6 Å². The summed E-state index contributed by atoms with van der Waals surface area (Å²) in [6.07, 6.45) is 3.83. The smallest absolute Gasteiger partial charge is 0.238 e. The molecular formula is C34H26N2O4. The Morgan fingerprint density at radius 1 is 0.825 bits per heavy atom. The van der Waals surface area contributed by atoms with E-state index < -0.39 is 23.4 Å². The van der Waals surface area contributed by atoms with Gasteiger partial charge in [-0.3, -0.25) is 14.4 Å². The second-order valence-electron chi connectivity index (χ2n) is 10.4. The summed E-state index contributed by atoms with van der Waals surface area (Å²) < 4.78 is 5.57. The lowest BCUT2D eigenvalue weighted by Crippen LogP contribution is -2.49. The summed E-state index contributed by atoms with van der Waals surface area (Å²) in [6.45, 7) is 0. The number of anilines is 1. The maximum absolute atomic E-state index is 14.7. The number of ether oxygens (including phenoxy) is 1. The molecule has 3 aliphatic heterocycles. The molecule has 0 aliphatic carbocycles. The summed E-state index contributed by atoms with van der Waals surface area (Å²) in [5.41, 5.74) is 2.72. The van der Waals surface area contributed by atoms with E-state index in [1.807, 2.05) is 71.8 Å². The van der Waals surface area contributed by atoms with Gasteiger partial charge in [-0.05, 0) is 41.0 Å². The van der Waals surface area contributed by atoms with Gasteiger partial charge in [-0.25, -0.2) is 0 Å². The molecular weight excluding hydrogens is 500 g/mol. The van der Waals surface area contributed by atoms with E-state index in [1.165, 1.54) is 7.11 Å². The van der Waals surface area contributed by atoms with Gasteiger partial charge in [-0.2, -0.15) is 0 Å². The van der Waals surface area contributed by atoms with Crippen LogP contribution in [0.2, 0.25) is 0 Å². The molecule has 1 amide bonds. The van der Waals surface area contributed by atoms with Gasteiger partial charge < -0.3 is 15.0 Å². The maximum Gasteiger partial charge on any atom is 0.238 e. The van der Waals surface area contributed by atoms with Crippen molar-refractivity contribution in [3.05, 3.63) is 137 Å². The number of nitrogens with one attached hydrogen (secondary N) is 1. The first kappa shape index (κ1) is 24.1. The van der Waals surface area contributed by atoms with Crippen molar-refractivity contribution in [1.29, 1.82) is 0 Å². The van der Waals surface area contributed by atoms with E-state index >= 15 is 0 Å². The standard InChI is InChI=1S/C34H26N2O4/c1-40-27-18-10-7-15-24(27)31(38)29-28(30(37)22-12-3-2-4-13-22)34(25-16-8-9-17-26(25)35-33(34)39)32-23-14-6-5-11-21(23)19-20-36(29)32/h2-20,28-29,32H,1H3,(H,35,39). The minimum absolute atomic E-state index is 0.249. The highest BCUT2D eigenvalue weighted by Crippen LogP contribution is 2.62. The molecule has 0 saturated carbocycles. The zero-order valence-electron chi connectivity index (χ0n) is 21.8. The molecule has 3 aliphatic rings. The Morgan fingerprint density at radius 3 is 2.35 bits per heavy atom. The largest absolute Gasteiger partial charge is 0.496 e. The Bertz CT molecular complexity index is 1710. The molecule has 1 spiro atoms. The highest BCUT2D eigenvalue weighted by Gasteiger charge is 2.70.